The predicted octanol–water partition coefficient (Wildman–Crippen LogP) is 4.78. The number of hydrogen-bond donors (Lipinski definition) is 4. The van der Waals surface area contributed by atoms with Crippen LogP contribution in [0.3, 0.4) is 0 Å². The normalized spacial score (nSPS) is 15.2. The van der Waals surface area contributed by atoms with Gasteiger partial charge in [0.1, 0.15) is 5.69 Å². The van der Waals surface area contributed by atoms with E-state index in [0.717, 1.165) is 57.6 Å². The van der Waals surface area contributed by atoms with E-state index in [1.54, 1.807) is 0 Å². The molecule has 10 heteroatoms. The minimum atomic E-state index is -0.779. The van der Waals surface area contributed by atoms with E-state index in [0.29, 0.717) is 30.9 Å². The highest BCUT2D eigenvalue weighted by atomic mass is 16.5. The lowest BCUT2D eigenvalue weighted by atomic mass is 9.84. The van der Waals surface area contributed by atoms with E-state index in [1.807, 2.05) is 70.3 Å². The van der Waals surface area contributed by atoms with Crippen molar-refractivity contribution in [1.82, 2.24) is 36.0 Å². The topological polar surface area (TPSA) is 142 Å². The number of aromatic amines is 1. The predicted molar refractivity (Wildman–Crippen MR) is 160 cm³/mol. The number of H-pyrrole nitrogens is 1. The maximum absolute atomic E-state index is 12.6. The van der Waals surface area contributed by atoms with Gasteiger partial charge in [-0.05, 0) is 67.2 Å². The van der Waals surface area contributed by atoms with Crippen LogP contribution in [0.1, 0.15) is 66.8 Å². The average Bonchev–Trinajstić information content (AvgIpc) is 3.65. The van der Waals surface area contributed by atoms with Crippen LogP contribution < -0.4 is 10.6 Å². The molecule has 0 spiro atoms. The highest BCUT2D eigenvalue weighted by Gasteiger charge is 2.31. The van der Waals surface area contributed by atoms with Gasteiger partial charge >= 0.3 is 11.8 Å². The van der Waals surface area contributed by atoms with Crippen molar-refractivity contribution in [2.45, 2.75) is 58.1 Å². The maximum Gasteiger partial charge on any atom is 0.315 e. The van der Waals surface area contributed by atoms with Crippen molar-refractivity contribution >= 4 is 16.9 Å². The summed E-state index contributed by atoms with van der Waals surface area (Å²) in [6, 6.07) is 16.3. The first kappa shape index (κ1) is 27.7. The second-order valence-corrected chi connectivity index (χ2v) is 12.0. The number of aliphatic hydroxyl groups is 1. The smallest absolute Gasteiger partial charge is 0.315 e. The van der Waals surface area contributed by atoms with Gasteiger partial charge < -0.3 is 20.3 Å². The van der Waals surface area contributed by atoms with Crippen LogP contribution in [0.4, 0.5) is 0 Å². The van der Waals surface area contributed by atoms with Gasteiger partial charge in [-0.2, -0.15) is 10.1 Å². The van der Waals surface area contributed by atoms with Crippen LogP contribution in [-0.2, 0) is 17.6 Å². The van der Waals surface area contributed by atoms with E-state index in [1.165, 1.54) is 0 Å². The van der Waals surface area contributed by atoms with Gasteiger partial charge in [-0.15, -0.1) is 0 Å². The fraction of sp³-hybridized carbons (Fsp3) is 0.344. The van der Waals surface area contributed by atoms with Crippen LogP contribution >= 0.6 is 0 Å². The standard InChI is InChI=1S/C32H35N7O3/c1-19-15-21(5-6-22(19)17-35-28(40)29-36-30(39-42-29)31(2,3)4)26-25-16-23(18-34-27(25)38-37-26)20-7-9-24(10-8-20)32(41)11-13-33-14-12-32/h5-10,15-16,18,33,41H,11-14,17H2,1-4H3,(H,35,40)(H,34,37,38). The SMILES string of the molecule is Cc1cc(-c2n[nH]c3ncc(-c4ccc(C5(O)CCNCC5)cc4)cc23)ccc1CNC(=O)c1nc(C(C)(C)C)no1. The van der Waals surface area contributed by atoms with Crippen LogP contribution in [0, 0.1) is 6.92 Å². The molecule has 10 nitrogen and oxygen atoms in total. The number of nitrogens with zero attached hydrogens (tertiary/aromatic N) is 4. The third kappa shape index (κ3) is 5.43. The van der Waals surface area contributed by atoms with Gasteiger partial charge in [0.2, 0.25) is 0 Å². The first-order chi connectivity index (χ1) is 20.1. The second-order valence-electron chi connectivity index (χ2n) is 12.0. The number of piperidine rings is 1. The van der Waals surface area contributed by atoms with Crippen LogP contribution in [-0.4, -0.2) is 49.4 Å². The Kier molecular flexibility index (Phi) is 7.12. The molecule has 42 heavy (non-hydrogen) atoms. The summed E-state index contributed by atoms with van der Waals surface area (Å²) in [5.41, 5.74) is 6.30. The molecule has 0 aliphatic carbocycles. The van der Waals surface area contributed by atoms with Crippen molar-refractivity contribution in [2.24, 2.45) is 0 Å². The van der Waals surface area contributed by atoms with Gasteiger partial charge in [0, 0.05) is 34.7 Å². The van der Waals surface area contributed by atoms with Crippen molar-refractivity contribution in [2.75, 3.05) is 13.1 Å². The summed E-state index contributed by atoms with van der Waals surface area (Å²) in [5, 5.41) is 29.7. The minimum Gasteiger partial charge on any atom is -0.385 e. The van der Waals surface area contributed by atoms with E-state index in [4.69, 9.17) is 4.52 Å². The summed E-state index contributed by atoms with van der Waals surface area (Å²) < 4.78 is 5.16. The molecule has 1 amide bonds. The molecule has 1 saturated heterocycles. The molecule has 0 saturated carbocycles. The molecule has 1 aliphatic heterocycles. The Morgan fingerprint density at radius 1 is 1.05 bits per heavy atom. The molecule has 0 unspecified atom stereocenters. The number of amides is 1. The number of rotatable bonds is 6. The number of carbonyl (C=O) groups is 1. The van der Waals surface area contributed by atoms with Crippen molar-refractivity contribution in [3.8, 4) is 22.4 Å². The van der Waals surface area contributed by atoms with Gasteiger partial charge in [0.05, 0.1) is 5.60 Å². The molecule has 4 heterocycles. The summed E-state index contributed by atoms with van der Waals surface area (Å²) in [6.07, 6.45) is 3.25. The largest absolute Gasteiger partial charge is 0.385 e. The molecule has 0 radical (unpaired) electrons. The zero-order chi connectivity index (χ0) is 29.5. The molecule has 1 fully saturated rings. The lowest BCUT2D eigenvalue weighted by molar-refractivity contribution is 0.00595. The monoisotopic (exact) mass is 565 g/mol. The first-order valence-electron chi connectivity index (χ1n) is 14.2. The van der Waals surface area contributed by atoms with Crippen LogP contribution in [0.2, 0.25) is 0 Å². The van der Waals surface area contributed by atoms with Gasteiger partial charge in [0.15, 0.2) is 11.5 Å². The highest BCUT2D eigenvalue weighted by molar-refractivity contribution is 5.93. The van der Waals surface area contributed by atoms with Gasteiger partial charge in [-0.1, -0.05) is 62.3 Å². The number of fused-ring (bicyclic) bond motifs is 1. The maximum atomic E-state index is 12.6. The van der Waals surface area contributed by atoms with E-state index < -0.39 is 11.5 Å². The molecule has 0 bridgehead atoms. The van der Waals surface area contributed by atoms with Crippen molar-refractivity contribution in [3.05, 3.63) is 83.1 Å². The molecule has 216 valence electrons. The molecule has 3 aromatic heterocycles. The number of pyridine rings is 1. The number of nitrogens with one attached hydrogen (secondary N) is 3. The first-order valence-corrected chi connectivity index (χ1v) is 14.2. The second kappa shape index (κ2) is 10.8. The van der Waals surface area contributed by atoms with Crippen molar-refractivity contribution in [3.63, 3.8) is 0 Å². The van der Waals surface area contributed by atoms with Crippen LogP contribution in [0.5, 0.6) is 0 Å². The number of hydrogen-bond acceptors (Lipinski definition) is 8. The Morgan fingerprint density at radius 3 is 2.48 bits per heavy atom. The summed E-state index contributed by atoms with van der Waals surface area (Å²) in [5.74, 6) is 0.0402. The van der Waals surface area contributed by atoms with E-state index in [9.17, 15) is 9.90 Å². The molecule has 4 N–H and O–H groups in total. The molecule has 2 aromatic carbocycles. The van der Waals surface area contributed by atoms with E-state index >= 15 is 0 Å². The molecular formula is C32H35N7O3. The van der Waals surface area contributed by atoms with Crippen molar-refractivity contribution < 1.29 is 14.4 Å². The number of aromatic nitrogens is 5. The molecular weight excluding hydrogens is 530 g/mol. The van der Waals surface area contributed by atoms with Gasteiger partial charge in [-0.3, -0.25) is 9.89 Å². The molecule has 1 aliphatic rings. The van der Waals surface area contributed by atoms with E-state index in [-0.39, 0.29) is 11.3 Å². The van der Waals surface area contributed by atoms with Gasteiger partial charge in [0.25, 0.3) is 0 Å². The van der Waals surface area contributed by atoms with Crippen molar-refractivity contribution in [1.29, 1.82) is 0 Å². The molecule has 0 atom stereocenters. The van der Waals surface area contributed by atoms with Gasteiger partial charge in [-0.25, -0.2) is 4.98 Å². The Morgan fingerprint density at radius 2 is 1.79 bits per heavy atom. The fourth-order valence-electron chi connectivity index (χ4n) is 5.30. The lowest BCUT2D eigenvalue weighted by Crippen LogP contribution is -2.39. The Labute approximate surface area is 244 Å². The van der Waals surface area contributed by atoms with Crippen LogP contribution in [0.25, 0.3) is 33.4 Å². The quantitative estimate of drug-likeness (QED) is 0.230. The number of carbonyl (C=O) groups excluding carboxylic acids is 1. The van der Waals surface area contributed by atoms with E-state index in [2.05, 4.69) is 48.1 Å². The Balaban J connectivity index is 1.19. The zero-order valence-corrected chi connectivity index (χ0v) is 24.3. The molecule has 5 aromatic rings. The summed E-state index contributed by atoms with van der Waals surface area (Å²) in [4.78, 5) is 21.4. The summed E-state index contributed by atoms with van der Waals surface area (Å²) >= 11 is 0. The third-order valence-corrected chi connectivity index (χ3v) is 7.95. The zero-order valence-electron chi connectivity index (χ0n) is 24.3. The summed E-state index contributed by atoms with van der Waals surface area (Å²) in [7, 11) is 0. The molecule has 6 rings (SSSR count). The third-order valence-electron chi connectivity index (χ3n) is 7.95. The summed E-state index contributed by atoms with van der Waals surface area (Å²) in [6.45, 7) is 9.85. The van der Waals surface area contributed by atoms with Crippen LogP contribution in [0.15, 0.2) is 59.3 Å². The lowest BCUT2D eigenvalue weighted by Gasteiger charge is -2.33. The number of benzene rings is 2. The Bertz CT molecular complexity index is 1740. The fourth-order valence-corrected chi connectivity index (χ4v) is 5.30. The Hall–Kier alpha value is -4.41. The highest BCUT2D eigenvalue weighted by Crippen LogP contribution is 2.34. The minimum absolute atomic E-state index is 0.0442. The number of aryl methyl sites for hydroxylation is 1. The average molecular weight is 566 g/mol.